The molecule has 1 heterocycles. The summed E-state index contributed by atoms with van der Waals surface area (Å²) in [6.07, 6.45) is 5.21. The number of hydrogen-bond acceptors (Lipinski definition) is 4. The summed E-state index contributed by atoms with van der Waals surface area (Å²) in [5, 5.41) is 3.92. The highest BCUT2D eigenvalue weighted by molar-refractivity contribution is 7.99. The van der Waals surface area contributed by atoms with Crippen LogP contribution in [-0.2, 0) is 11.2 Å². The molecule has 2 rings (SSSR count). The molecule has 0 aliphatic heterocycles. The van der Waals surface area contributed by atoms with Crippen molar-refractivity contribution in [2.45, 2.75) is 57.2 Å². The molecule has 6 heteroatoms. The van der Waals surface area contributed by atoms with Gasteiger partial charge in [-0.3, -0.25) is 4.79 Å². The third kappa shape index (κ3) is 4.60. The van der Waals surface area contributed by atoms with Crippen LogP contribution in [0, 0.1) is 10.9 Å². The van der Waals surface area contributed by atoms with E-state index in [1.54, 1.807) is 0 Å². The normalized spacial score (nSPS) is 22.7. The summed E-state index contributed by atoms with van der Waals surface area (Å²) < 4.78 is 0.752. The van der Waals surface area contributed by atoms with Crippen molar-refractivity contribution in [3.8, 4) is 0 Å². The standard InChI is InChI=1S/C14H22N2OS3/c1-3-19-11-6-4-5-10(7-11)16-13(17)8-12-9(2)15-14(18)20-12/h10-11H,3-8H2,1-2H3,(H,15,18)(H,16,17)/t10-,11-/m1/s1. The Morgan fingerprint density at radius 3 is 3.00 bits per heavy atom. The van der Waals surface area contributed by atoms with Crippen molar-refractivity contribution in [1.82, 2.24) is 10.3 Å². The molecule has 1 fully saturated rings. The highest BCUT2D eigenvalue weighted by Gasteiger charge is 2.23. The molecule has 1 amide bonds. The number of aromatic amines is 1. The molecule has 1 aliphatic carbocycles. The molecule has 0 saturated heterocycles. The van der Waals surface area contributed by atoms with Gasteiger partial charge in [-0.2, -0.15) is 11.8 Å². The SMILES string of the molecule is CCS[C@@H]1CCC[C@@H](NC(=O)Cc2sc(=S)[nH]c2C)C1. The van der Waals surface area contributed by atoms with Crippen LogP contribution in [0.15, 0.2) is 0 Å². The van der Waals surface area contributed by atoms with Crippen molar-refractivity contribution in [3.63, 3.8) is 0 Å². The van der Waals surface area contributed by atoms with Gasteiger partial charge in [0.1, 0.15) is 0 Å². The highest BCUT2D eigenvalue weighted by atomic mass is 32.2. The lowest BCUT2D eigenvalue weighted by molar-refractivity contribution is -0.121. The first-order chi connectivity index (χ1) is 9.58. The summed E-state index contributed by atoms with van der Waals surface area (Å²) in [7, 11) is 0. The maximum atomic E-state index is 12.1. The average molecular weight is 331 g/mol. The first kappa shape index (κ1) is 16.0. The number of H-pyrrole nitrogens is 1. The van der Waals surface area contributed by atoms with E-state index in [1.807, 2.05) is 18.7 Å². The van der Waals surface area contributed by atoms with E-state index in [2.05, 4.69) is 17.2 Å². The van der Waals surface area contributed by atoms with Crippen LogP contribution in [0.4, 0.5) is 0 Å². The number of aromatic nitrogens is 1. The lowest BCUT2D eigenvalue weighted by Gasteiger charge is -2.29. The van der Waals surface area contributed by atoms with Crippen molar-refractivity contribution in [2.75, 3.05) is 5.75 Å². The zero-order valence-corrected chi connectivity index (χ0v) is 14.5. The molecular formula is C14H22N2OS3. The second-order valence-electron chi connectivity index (χ2n) is 5.25. The van der Waals surface area contributed by atoms with Gasteiger partial charge in [0.2, 0.25) is 5.91 Å². The number of carbonyl (C=O) groups excluding carboxylic acids is 1. The van der Waals surface area contributed by atoms with E-state index in [-0.39, 0.29) is 5.91 Å². The number of thiazole rings is 1. The van der Waals surface area contributed by atoms with Gasteiger partial charge in [-0.1, -0.05) is 13.3 Å². The number of amides is 1. The Morgan fingerprint density at radius 1 is 1.55 bits per heavy atom. The lowest BCUT2D eigenvalue weighted by atomic mass is 9.95. The molecular weight excluding hydrogens is 308 g/mol. The summed E-state index contributed by atoms with van der Waals surface area (Å²) in [5.41, 5.74) is 1.03. The zero-order chi connectivity index (χ0) is 14.5. The summed E-state index contributed by atoms with van der Waals surface area (Å²) in [6, 6.07) is 0.354. The Kier molecular flexibility index (Phi) is 6.11. The fourth-order valence-electron chi connectivity index (χ4n) is 2.69. The molecule has 0 spiro atoms. The maximum Gasteiger partial charge on any atom is 0.225 e. The van der Waals surface area contributed by atoms with E-state index in [0.29, 0.717) is 12.5 Å². The molecule has 112 valence electrons. The number of rotatable bonds is 5. The van der Waals surface area contributed by atoms with Gasteiger partial charge >= 0.3 is 0 Å². The molecule has 0 bridgehead atoms. The predicted molar refractivity (Wildman–Crippen MR) is 90.3 cm³/mol. The van der Waals surface area contributed by atoms with Gasteiger partial charge in [-0.05, 0) is 44.2 Å². The van der Waals surface area contributed by atoms with Gasteiger partial charge < -0.3 is 10.3 Å². The van der Waals surface area contributed by atoms with Crippen molar-refractivity contribution >= 4 is 41.2 Å². The molecule has 1 aromatic rings. The number of hydrogen-bond donors (Lipinski definition) is 2. The van der Waals surface area contributed by atoms with Crippen LogP contribution in [0.3, 0.4) is 0 Å². The monoisotopic (exact) mass is 330 g/mol. The third-order valence-electron chi connectivity index (χ3n) is 3.64. The van der Waals surface area contributed by atoms with Crippen LogP contribution in [0.25, 0.3) is 0 Å². The lowest BCUT2D eigenvalue weighted by Crippen LogP contribution is -2.39. The van der Waals surface area contributed by atoms with Gasteiger partial charge in [-0.25, -0.2) is 0 Å². The molecule has 2 atom stereocenters. The van der Waals surface area contributed by atoms with E-state index in [9.17, 15) is 4.79 Å². The van der Waals surface area contributed by atoms with E-state index in [0.717, 1.165) is 38.4 Å². The Hall–Kier alpha value is -0.330. The molecule has 2 N–H and O–H groups in total. The summed E-state index contributed by atoms with van der Waals surface area (Å²) in [6.45, 7) is 4.18. The molecule has 1 aromatic heterocycles. The van der Waals surface area contributed by atoms with Gasteiger partial charge in [0.05, 0.1) is 6.42 Å². The van der Waals surface area contributed by atoms with Crippen LogP contribution < -0.4 is 5.32 Å². The predicted octanol–water partition coefficient (Wildman–Crippen LogP) is 3.84. The van der Waals surface area contributed by atoms with Crippen LogP contribution in [-0.4, -0.2) is 27.9 Å². The minimum atomic E-state index is 0.130. The van der Waals surface area contributed by atoms with Gasteiger partial charge in [0, 0.05) is 21.9 Å². The van der Waals surface area contributed by atoms with Crippen LogP contribution >= 0.6 is 35.3 Å². The molecule has 1 aliphatic rings. The second-order valence-corrected chi connectivity index (χ2v) is 8.60. The van der Waals surface area contributed by atoms with Crippen LogP contribution in [0.1, 0.15) is 43.2 Å². The summed E-state index contributed by atoms with van der Waals surface area (Å²) in [4.78, 5) is 16.3. The second kappa shape index (κ2) is 7.61. The molecule has 1 saturated carbocycles. The van der Waals surface area contributed by atoms with Gasteiger partial charge in [-0.15, -0.1) is 11.3 Å². The topological polar surface area (TPSA) is 44.9 Å². The highest BCUT2D eigenvalue weighted by Crippen LogP contribution is 2.28. The molecule has 0 aromatic carbocycles. The first-order valence-electron chi connectivity index (χ1n) is 7.18. The van der Waals surface area contributed by atoms with Crippen molar-refractivity contribution in [2.24, 2.45) is 0 Å². The van der Waals surface area contributed by atoms with E-state index < -0.39 is 0 Å². The minimum absolute atomic E-state index is 0.130. The number of nitrogens with one attached hydrogen (secondary N) is 2. The quantitative estimate of drug-likeness (QED) is 0.806. The van der Waals surface area contributed by atoms with Crippen molar-refractivity contribution in [3.05, 3.63) is 14.5 Å². The summed E-state index contributed by atoms with van der Waals surface area (Å²) >= 11 is 8.64. The van der Waals surface area contributed by atoms with Crippen molar-refractivity contribution < 1.29 is 4.79 Å². The molecule has 20 heavy (non-hydrogen) atoms. The maximum absolute atomic E-state index is 12.1. The number of aryl methyl sites for hydroxylation is 1. The van der Waals surface area contributed by atoms with Crippen LogP contribution in [0.5, 0.6) is 0 Å². The first-order valence-corrected chi connectivity index (χ1v) is 9.45. The molecule has 0 unspecified atom stereocenters. The van der Waals surface area contributed by atoms with Gasteiger partial charge in [0.15, 0.2) is 3.95 Å². The fourth-order valence-corrected chi connectivity index (χ4v) is 5.16. The molecule has 0 radical (unpaired) electrons. The van der Waals surface area contributed by atoms with E-state index in [4.69, 9.17) is 12.2 Å². The van der Waals surface area contributed by atoms with Crippen LogP contribution in [0.2, 0.25) is 0 Å². The largest absolute Gasteiger partial charge is 0.353 e. The van der Waals surface area contributed by atoms with E-state index in [1.165, 1.54) is 24.2 Å². The Labute approximate surface area is 133 Å². The minimum Gasteiger partial charge on any atom is -0.353 e. The Balaban J connectivity index is 1.85. The molecule has 3 nitrogen and oxygen atoms in total. The van der Waals surface area contributed by atoms with E-state index >= 15 is 0 Å². The zero-order valence-electron chi connectivity index (χ0n) is 12.0. The average Bonchev–Trinajstić information content (AvgIpc) is 2.68. The third-order valence-corrected chi connectivity index (χ3v) is 6.21. The summed E-state index contributed by atoms with van der Waals surface area (Å²) in [5.74, 6) is 1.29. The Morgan fingerprint density at radius 2 is 2.35 bits per heavy atom. The Bertz CT molecular complexity index is 507. The van der Waals surface area contributed by atoms with Gasteiger partial charge in [0.25, 0.3) is 0 Å². The fraction of sp³-hybridized carbons (Fsp3) is 0.714. The smallest absolute Gasteiger partial charge is 0.225 e. The number of thioether (sulfide) groups is 1. The number of carbonyl (C=O) groups is 1. The van der Waals surface area contributed by atoms with Crippen molar-refractivity contribution in [1.29, 1.82) is 0 Å².